The lowest BCUT2D eigenvalue weighted by Crippen LogP contribution is -2.00. The minimum atomic E-state index is 0.421. The van der Waals surface area contributed by atoms with Gasteiger partial charge in [-0.25, -0.2) is 9.97 Å². The number of nitrogens with zero attached hydrogens (tertiary/aromatic N) is 4. The zero-order valence-corrected chi connectivity index (χ0v) is 13.5. The third kappa shape index (κ3) is 2.74. The van der Waals surface area contributed by atoms with E-state index in [1.54, 1.807) is 31.9 Å². The van der Waals surface area contributed by atoms with Crippen molar-refractivity contribution in [3.8, 4) is 28.3 Å². The molecule has 3 aromatic heterocycles. The lowest BCUT2D eigenvalue weighted by molar-refractivity contribution is 0.415. The van der Waals surface area contributed by atoms with Crippen molar-refractivity contribution in [2.24, 2.45) is 0 Å². The maximum absolute atomic E-state index is 6.27. The molecule has 1 aromatic carbocycles. The number of nitrogen functional groups attached to an aromatic ring is 1. The minimum Gasteiger partial charge on any atom is -0.497 e. The molecule has 0 saturated carbocycles. The van der Waals surface area contributed by atoms with E-state index in [4.69, 9.17) is 10.5 Å². The molecule has 4 aromatic rings. The molecule has 0 radical (unpaired) electrons. The number of anilines is 1. The zero-order chi connectivity index (χ0) is 17.2. The molecule has 0 spiro atoms. The molecular weight excluding hydrogens is 314 g/mol. The topological polar surface area (TPSA) is 86.8 Å². The number of hydrogen-bond acceptors (Lipinski definition) is 6. The van der Waals surface area contributed by atoms with Crippen LogP contribution in [0.3, 0.4) is 0 Å². The molecule has 3 heterocycles. The second-order valence-electron chi connectivity index (χ2n) is 5.48. The van der Waals surface area contributed by atoms with E-state index in [2.05, 4.69) is 19.9 Å². The van der Waals surface area contributed by atoms with Gasteiger partial charge in [-0.2, -0.15) is 0 Å². The van der Waals surface area contributed by atoms with Crippen LogP contribution in [0.2, 0.25) is 0 Å². The summed E-state index contributed by atoms with van der Waals surface area (Å²) in [7, 11) is 1.64. The van der Waals surface area contributed by atoms with Crippen molar-refractivity contribution < 1.29 is 4.74 Å². The first-order chi connectivity index (χ1) is 12.3. The fraction of sp³-hybridized carbons (Fsp3) is 0.0526. The van der Waals surface area contributed by atoms with Gasteiger partial charge in [0.15, 0.2) is 5.82 Å². The third-order valence-corrected chi connectivity index (χ3v) is 3.97. The largest absolute Gasteiger partial charge is 0.497 e. The van der Waals surface area contributed by atoms with E-state index in [1.165, 1.54) is 0 Å². The summed E-state index contributed by atoms with van der Waals surface area (Å²) in [4.78, 5) is 17.4. The van der Waals surface area contributed by atoms with Crippen LogP contribution >= 0.6 is 0 Å². The van der Waals surface area contributed by atoms with Gasteiger partial charge in [-0.05, 0) is 29.8 Å². The molecule has 0 bridgehead atoms. The highest BCUT2D eigenvalue weighted by Crippen LogP contribution is 2.32. The van der Waals surface area contributed by atoms with Gasteiger partial charge in [0.1, 0.15) is 11.6 Å². The SMILES string of the molecule is COc1ccc(-c2cncc3nc(-c4ccncc4)nc(N)c23)cc1. The van der Waals surface area contributed by atoms with E-state index in [0.717, 1.165) is 27.8 Å². The van der Waals surface area contributed by atoms with E-state index >= 15 is 0 Å². The van der Waals surface area contributed by atoms with Gasteiger partial charge in [0.25, 0.3) is 0 Å². The number of rotatable bonds is 3. The Kier molecular flexibility index (Phi) is 3.70. The summed E-state index contributed by atoms with van der Waals surface area (Å²) in [6.45, 7) is 0. The molecule has 0 saturated heterocycles. The van der Waals surface area contributed by atoms with Crippen LogP contribution in [-0.2, 0) is 0 Å². The van der Waals surface area contributed by atoms with Crippen molar-refractivity contribution in [1.29, 1.82) is 0 Å². The second-order valence-corrected chi connectivity index (χ2v) is 5.48. The monoisotopic (exact) mass is 329 g/mol. The van der Waals surface area contributed by atoms with Crippen molar-refractivity contribution in [3.63, 3.8) is 0 Å². The fourth-order valence-corrected chi connectivity index (χ4v) is 2.73. The van der Waals surface area contributed by atoms with Crippen molar-refractivity contribution in [1.82, 2.24) is 19.9 Å². The van der Waals surface area contributed by atoms with Gasteiger partial charge in [-0.1, -0.05) is 12.1 Å². The third-order valence-electron chi connectivity index (χ3n) is 3.97. The predicted molar refractivity (Wildman–Crippen MR) is 97.0 cm³/mol. The van der Waals surface area contributed by atoms with Crippen LogP contribution in [0.25, 0.3) is 33.4 Å². The van der Waals surface area contributed by atoms with Gasteiger partial charge in [0.2, 0.25) is 0 Å². The molecule has 0 amide bonds. The van der Waals surface area contributed by atoms with Crippen LogP contribution in [0.1, 0.15) is 0 Å². The summed E-state index contributed by atoms with van der Waals surface area (Å²) in [6, 6.07) is 11.4. The molecule has 0 aliphatic carbocycles. The number of ether oxygens (including phenoxy) is 1. The Morgan fingerprint density at radius 1 is 0.840 bits per heavy atom. The lowest BCUT2D eigenvalue weighted by atomic mass is 10.0. The zero-order valence-electron chi connectivity index (χ0n) is 13.5. The van der Waals surface area contributed by atoms with Gasteiger partial charge < -0.3 is 10.5 Å². The summed E-state index contributed by atoms with van der Waals surface area (Å²) >= 11 is 0. The molecule has 2 N–H and O–H groups in total. The lowest BCUT2D eigenvalue weighted by Gasteiger charge is -2.10. The van der Waals surface area contributed by atoms with E-state index in [9.17, 15) is 0 Å². The standard InChI is InChI=1S/C19H15N5O/c1-25-14-4-2-12(3-5-14)15-10-22-11-16-17(15)18(20)24-19(23-16)13-6-8-21-9-7-13/h2-11H,1H3,(H2,20,23,24). The van der Waals surface area contributed by atoms with Crippen LogP contribution in [0.4, 0.5) is 5.82 Å². The molecule has 6 heteroatoms. The van der Waals surface area contributed by atoms with Crippen molar-refractivity contribution in [3.05, 3.63) is 61.2 Å². The Hall–Kier alpha value is -3.54. The highest BCUT2D eigenvalue weighted by molar-refractivity contribution is 6.01. The highest BCUT2D eigenvalue weighted by atomic mass is 16.5. The quantitative estimate of drug-likeness (QED) is 0.620. The molecule has 0 unspecified atom stereocenters. The van der Waals surface area contributed by atoms with E-state index in [1.807, 2.05) is 36.4 Å². The van der Waals surface area contributed by atoms with Crippen LogP contribution in [0.15, 0.2) is 61.2 Å². The Morgan fingerprint density at radius 3 is 2.32 bits per heavy atom. The molecule has 6 nitrogen and oxygen atoms in total. The van der Waals surface area contributed by atoms with E-state index in [-0.39, 0.29) is 0 Å². The van der Waals surface area contributed by atoms with E-state index in [0.29, 0.717) is 17.2 Å². The number of aromatic nitrogens is 4. The molecule has 122 valence electrons. The number of benzene rings is 1. The second kappa shape index (κ2) is 6.16. The molecule has 0 atom stereocenters. The molecule has 0 fully saturated rings. The maximum atomic E-state index is 6.27. The first-order valence-electron chi connectivity index (χ1n) is 7.72. The number of methoxy groups -OCH3 is 1. The summed E-state index contributed by atoms with van der Waals surface area (Å²) in [5, 5.41) is 0.790. The van der Waals surface area contributed by atoms with Gasteiger partial charge in [-0.15, -0.1) is 0 Å². The summed E-state index contributed by atoms with van der Waals surface area (Å²) in [6.07, 6.45) is 6.87. The van der Waals surface area contributed by atoms with Crippen LogP contribution in [-0.4, -0.2) is 27.0 Å². The number of pyridine rings is 2. The Balaban J connectivity index is 1.89. The van der Waals surface area contributed by atoms with Gasteiger partial charge in [-0.3, -0.25) is 9.97 Å². The van der Waals surface area contributed by atoms with Gasteiger partial charge in [0, 0.05) is 29.7 Å². The summed E-state index contributed by atoms with van der Waals surface area (Å²) in [5.41, 5.74) is 9.70. The predicted octanol–water partition coefficient (Wildman–Crippen LogP) is 3.34. The van der Waals surface area contributed by atoms with Gasteiger partial charge >= 0.3 is 0 Å². The Bertz CT molecular complexity index is 1030. The average Bonchev–Trinajstić information content (AvgIpc) is 2.68. The minimum absolute atomic E-state index is 0.421. The number of nitrogens with two attached hydrogens (primary N) is 1. The molecule has 0 aliphatic rings. The van der Waals surface area contributed by atoms with Crippen molar-refractivity contribution in [2.45, 2.75) is 0 Å². The molecule has 4 rings (SSSR count). The van der Waals surface area contributed by atoms with Crippen molar-refractivity contribution in [2.75, 3.05) is 12.8 Å². The van der Waals surface area contributed by atoms with Crippen LogP contribution in [0, 0.1) is 0 Å². The van der Waals surface area contributed by atoms with E-state index < -0.39 is 0 Å². The first-order valence-corrected chi connectivity index (χ1v) is 7.72. The summed E-state index contributed by atoms with van der Waals surface area (Å²) < 4.78 is 5.21. The summed E-state index contributed by atoms with van der Waals surface area (Å²) in [5.74, 6) is 1.77. The van der Waals surface area contributed by atoms with Crippen molar-refractivity contribution >= 4 is 16.7 Å². The van der Waals surface area contributed by atoms with Crippen LogP contribution < -0.4 is 10.5 Å². The first kappa shape index (κ1) is 15.0. The van der Waals surface area contributed by atoms with Crippen LogP contribution in [0.5, 0.6) is 5.75 Å². The fourth-order valence-electron chi connectivity index (χ4n) is 2.73. The maximum Gasteiger partial charge on any atom is 0.162 e. The normalized spacial score (nSPS) is 10.8. The Labute approximate surface area is 144 Å². The average molecular weight is 329 g/mol. The molecular formula is C19H15N5O. The smallest absolute Gasteiger partial charge is 0.162 e. The number of fused-ring (bicyclic) bond motifs is 1. The molecule has 25 heavy (non-hydrogen) atoms. The molecule has 0 aliphatic heterocycles. The van der Waals surface area contributed by atoms with Gasteiger partial charge in [0.05, 0.1) is 24.2 Å². The Morgan fingerprint density at radius 2 is 1.60 bits per heavy atom. The highest BCUT2D eigenvalue weighted by Gasteiger charge is 2.13. The number of hydrogen-bond donors (Lipinski definition) is 1.